The standard InChI is InChI=1S/C8H18N2O2/c1-3-7(9)4-8(12)10-6(2)5-11/h6-7,11H,3-5,9H2,1-2H3,(H,10,12)/t6-,7?/m0/s1. The molecule has 0 aliphatic rings. The molecule has 0 aliphatic heterocycles. The molecule has 0 aromatic rings. The van der Waals surface area contributed by atoms with Crippen LogP contribution in [-0.4, -0.2) is 29.7 Å². The van der Waals surface area contributed by atoms with Crippen molar-refractivity contribution >= 4 is 5.91 Å². The van der Waals surface area contributed by atoms with E-state index in [-0.39, 0.29) is 24.6 Å². The molecule has 0 radical (unpaired) electrons. The predicted molar refractivity (Wildman–Crippen MR) is 47.6 cm³/mol. The van der Waals surface area contributed by atoms with Gasteiger partial charge in [-0.3, -0.25) is 4.79 Å². The van der Waals surface area contributed by atoms with Crippen LogP contribution < -0.4 is 11.1 Å². The summed E-state index contributed by atoms with van der Waals surface area (Å²) in [7, 11) is 0. The summed E-state index contributed by atoms with van der Waals surface area (Å²) in [6.07, 6.45) is 1.13. The Labute approximate surface area is 73.1 Å². The van der Waals surface area contributed by atoms with Gasteiger partial charge in [-0.1, -0.05) is 6.92 Å². The number of hydrogen-bond donors (Lipinski definition) is 3. The predicted octanol–water partition coefficient (Wildman–Crippen LogP) is -0.389. The molecule has 0 bridgehead atoms. The average Bonchev–Trinajstić information content (AvgIpc) is 2.03. The largest absolute Gasteiger partial charge is 0.394 e. The van der Waals surface area contributed by atoms with Crippen molar-refractivity contribution in [1.82, 2.24) is 5.32 Å². The molecule has 0 aliphatic carbocycles. The molecule has 1 amide bonds. The van der Waals surface area contributed by atoms with E-state index < -0.39 is 0 Å². The van der Waals surface area contributed by atoms with E-state index >= 15 is 0 Å². The van der Waals surface area contributed by atoms with E-state index in [1.165, 1.54) is 0 Å². The number of nitrogens with one attached hydrogen (secondary N) is 1. The highest BCUT2D eigenvalue weighted by molar-refractivity contribution is 5.76. The molecule has 12 heavy (non-hydrogen) atoms. The fourth-order valence-electron chi connectivity index (χ4n) is 0.762. The highest BCUT2D eigenvalue weighted by Crippen LogP contribution is 1.93. The summed E-state index contributed by atoms with van der Waals surface area (Å²) < 4.78 is 0. The Morgan fingerprint density at radius 3 is 2.67 bits per heavy atom. The number of aliphatic hydroxyl groups excluding tert-OH is 1. The highest BCUT2D eigenvalue weighted by Gasteiger charge is 2.09. The Balaban J connectivity index is 3.59. The number of rotatable bonds is 5. The summed E-state index contributed by atoms with van der Waals surface area (Å²) in [5, 5.41) is 11.3. The lowest BCUT2D eigenvalue weighted by atomic mass is 10.1. The van der Waals surface area contributed by atoms with Gasteiger partial charge in [0.2, 0.25) is 5.91 Å². The molecule has 1 unspecified atom stereocenters. The van der Waals surface area contributed by atoms with Gasteiger partial charge in [-0.15, -0.1) is 0 Å². The minimum atomic E-state index is -0.179. The quantitative estimate of drug-likeness (QED) is 0.531. The van der Waals surface area contributed by atoms with Crippen LogP contribution in [0.2, 0.25) is 0 Å². The first-order chi connectivity index (χ1) is 5.60. The summed E-state index contributed by atoms with van der Waals surface area (Å²) in [6.45, 7) is 3.65. The van der Waals surface area contributed by atoms with Gasteiger partial charge in [0, 0.05) is 18.5 Å². The maximum Gasteiger partial charge on any atom is 0.221 e. The van der Waals surface area contributed by atoms with E-state index in [0.717, 1.165) is 6.42 Å². The molecule has 0 heterocycles. The minimum absolute atomic E-state index is 0.0346. The van der Waals surface area contributed by atoms with Crippen molar-refractivity contribution < 1.29 is 9.90 Å². The third kappa shape index (κ3) is 5.09. The summed E-state index contributed by atoms with van der Waals surface area (Å²) in [6, 6.07) is -0.252. The van der Waals surface area contributed by atoms with Gasteiger partial charge in [0.05, 0.1) is 6.61 Å². The number of amides is 1. The maximum atomic E-state index is 11.1. The Morgan fingerprint density at radius 1 is 1.67 bits per heavy atom. The summed E-state index contributed by atoms with van der Waals surface area (Å²) in [4.78, 5) is 11.1. The van der Waals surface area contributed by atoms with Crippen molar-refractivity contribution in [3.05, 3.63) is 0 Å². The zero-order valence-electron chi connectivity index (χ0n) is 7.71. The van der Waals surface area contributed by atoms with Crippen LogP contribution in [0.5, 0.6) is 0 Å². The normalized spacial score (nSPS) is 15.3. The van der Waals surface area contributed by atoms with E-state index in [1.54, 1.807) is 6.92 Å². The van der Waals surface area contributed by atoms with Crippen LogP contribution in [0.4, 0.5) is 0 Å². The van der Waals surface area contributed by atoms with Crippen molar-refractivity contribution in [2.24, 2.45) is 5.73 Å². The van der Waals surface area contributed by atoms with Gasteiger partial charge in [0.25, 0.3) is 0 Å². The molecule has 0 aromatic heterocycles. The van der Waals surface area contributed by atoms with Gasteiger partial charge in [0.15, 0.2) is 0 Å². The van der Waals surface area contributed by atoms with E-state index in [0.29, 0.717) is 6.42 Å². The third-order valence-corrected chi connectivity index (χ3v) is 1.65. The summed E-state index contributed by atoms with van der Waals surface area (Å²) in [5.74, 6) is -0.0918. The van der Waals surface area contributed by atoms with Gasteiger partial charge in [-0.25, -0.2) is 0 Å². The summed E-state index contributed by atoms with van der Waals surface area (Å²) >= 11 is 0. The number of hydrogen-bond acceptors (Lipinski definition) is 3. The molecule has 0 fully saturated rings. The van der Waals surface area contributed by atoms with Crippen molar-refractivity contribution in [1.29, 1.82) is 0 Å². The van der Waals surface area contributed by atoms with Crippen LogP contribution in [0.3, 0.4) is 0 Å². The fourth-order valence-corrected chi connectivity index (χ4v) is 0.762. The van der Waals surface area contributed by atoms with Crippen LogP contribution in [-0.2, 0) is 4.79 Å². The molecule has 4 N–H and O–H groups in total. The van der Waals surface area contributed by atoms with Crippen LogP contribution in [0, 0.1) is 0 Å². The Bertz CT molecular complexity index is 125. The van der Waals surface area contributed by atoms with Gasteiger partial charge >= 0.3 is 0 Å². The molecule has 0 spiro atoms. The third-order valence-electron chi connectivity index (χ3n) is 1.65. The second-order valence-electron chi connectivity index (χ2n) is 3.02. The zero-order valence-corrected chi connectivity index (χ0v) is 7.71. The molecule has 0 aromatic carbocycles. The number of carbonyl (C=O) groups is 1. The molecule has 0 saturated carbocycles. The second kappa shape index (κ2) is 5.97. The fraction of sp³-hybridized carbons (Fsp3) is 0.875. The molecule has 0 rings (SSSR count). The zero-order chi connectivity index (χ0) is 9.56. The first-order valence-electron chi connectivity index (χ1n) is 4.26. The molecular formula is C8H18N2O2. The van der Waals surface area contributed by atoms with Crippen LogP contribution in [0.1, 0.15) is 26.7 Å². The van der Waals surface area contributed by atoms with Crippen LogP contribution in [0.15, 0.2) is 0 Å². The van der Waals surface area contributed by atoms with E-state index in [2.05, 4.69) is 5.32 Å². The first-order valence-corrected chi connectivity index (χ1v) is 4.26. The number of aliphatic hydroxyl groups is 1. The van der Waals surface area contributed by atoms with Gasteiger partial charge in [0.1, 0.15) is 0 Å². The lowest BCUT2D eigenvalue weighted by Crippen LogP contribution is -2.38. The van der Waals surface area contributed by atoms with E-state index in [4.69, 9.17) is 10.8 Å². The number of nitrogens with two attached hydrogens (primary N) is 1. The molecule has 2 atom stereocenters. The highest BCUT2D eigenvalue weighted by atomic mass is 16.3. The Morgan fingerprint density at radius 2 is 2.25 bits per heavy atom. The Hall–Kier alpha value is -0.610. The van der Waals surface area contributed by atoms with Crippen molar-refractivity contribution in [2.75, 3.05) is 6.61 Å². The van der Waals surface area contributed by atoms with E-state index in [1.807, 2.05) is 6.92 Å². The minimum Gasteiger partial charge on any atom is -0.394 e. The Kier molecular flexibility index (Phi) is 5.66. The molecule has 4 heteroatoms. The first kappa shape index (κ1) is 11.4. The summed E-state index contributed by atoms with van der Waals surface area (Å²) in [5.41, 5.74) is 5.57. The monoisotopic (exact) mass is 174 g/mol. The van der Waals surface area contributed by atoms with Crippen LogP contribution >= 0.6 is 0 Å². The lowest BCUT2D eigenvalue weighted by molar-refractivity contribution is -0.122. The SMILES string of the molecule is CCC(N)CC(=O)N[C@@H](C)CO. The molecule has 0 saturated heterocycles. The van der Waals surface area contributed by atoms with Gasteiger partial charge in [-0.2, -0.15) is 0 Å². The smallest absolute Gasteiger partial charge is 0.221 e. The van der Waals surface area contributed by atoms with Crippen LogP contribution in [0.25, 0.3) is 0 Å². The lowest BCUT2D eigenvalue weighted by Gasteiger charge is -2.12. The number of carbonyl (C=O) groups excluding carboxylic acids is 1. The van der Waals surface area contributed by atoms with E-state index in [9.17, 15) is 4.79 Å². The van der Waals surface area contributed by atoms with Gasteiger partial charge in [-0.05, 0) is 13.3 Å². The molecule has 4 nitrogen and oxygen atoms in total. The average molecular weight is 174 g/mol. The maximum absolute atomic E-state index is 11.1. The second-order valence-corrected chi connectivity index (χ2v) is 3.02. The van der Waals surface area contributed by atoms with Gasteiger partial charge < -0.3 is 16.2 Å². The molecular weight excluding hydrogens is 156 g/mol. The molecule has 72 valence electrons. The van der Waals surface area contributed by atoms with Crippen molar-refractivity contribution in [3.8, 4) is 0 Å². The van der Waals surface area contributed by atoms with Crippen molar-refractivity contribution in [3.63, 3.8) is 0 Å². The topological polar surface area (TPSA) is 75.4 Å². The van der Waals surface area contributed by atoms with Crippen molar-refractivity contribution in [2.45, 2.75) is 38.8 Å².